The molecule has 6 nitrogen and oxygen atoms in total. The van der Waals surface area contributed by atoms with Crippen LogP contribution < -0.4 is 10.6 Å². The van der Waals surface area contributed by atoms with Gasteiger partial charge in [0.25, 0.3) is 0 Å². The minimum atomic E-state index is -0.496. The second kappa shape index (κ2) is 5.79. The van der Waals surface area contributed by atoms with Crippen molar-refractivity contribution in [3.05, 3.63) is 0 Å². The summed E-state index contributed by atoms with van der Waals surface area (Å²) in [6, 6.07) is -0.606. The number of aliphatic hydroxyl groups is 1. The molecule has 6 heteroatoms. The topological polar surface area (TPSA) is 87.7 Å². The van der Waals surface area contributed by atoms with Crippen molar-refractivity contribution >= 4 is 11.8 Å². The SMILES string of the molecule is COCC(CCO)NC1CC(=O)NC1=O. The number of imide groups is 1. The summed E-state index contributed by atoms with van der Waals surface area (Å²) in [4.78, 5) is 22.1. The molecule has 1 rings (SSSR count). The van der Waals surface area contributed by atoms with Gasteiger partial charge in [0.15, 0.2) is 0 Å². The van der Waals surface area contributed by atoms with Crippen molar-refractivity contribution in [1.82, 2.24) is 10.6 Å². The molecule has 1 aliphatic rings. The Kier molecular flexibility index (Phi) is 4.67. The number of methoxy groups -OCH3 is 1. The van der Waals surface area contributed by atoms with E-state index >= 15 is 0 Å². The summed E-state index contributed by atoms with van der Waals surface area (Å²) in [5, 5.41) is 14.0. The predicted octanol–water partition coefficient (Wildman–Crippen LogP) is -1.61. The lowest BCUT2D eigenvalue weighted by Gasteiger charge is -2.19. The van der Waals surface area contributed by atoms with Crippen LogP contribution in [0.25, 0.3) is 0 Å². The van der Waals surface area contributed by atoms with E-state index in [1.54, 1.807) is 7.11 Å². The highest BCUT2D eigenvalue weighted by atomic mass is 16.5. The Balaban J connectivity index is 2.43. The highest BCUT2D eigenvalue weighted by molar-refractivity contribution is 6.05. The Bertz CT molecular complexity index is 238. The number of nitrogens with one attached hydrogen (secondary N) is 2. The first-order chi connectivity index (χ1) is 7.17. The summed E-state index contributed by atoms with van der Waals surface area (Å²) < 4.78 is 4.94. The molecule has 3 N–H and O–H groups in total. The van der Waals surface area contributed by atoms with Gasteiger partial charge in [0.1, 0.15) is 0 Å². The van der Waals surface area contributed by atoms with Gasteiger partial charge in [-0.15, -0.1) is 0 Å². The van der Waals surface area contributed by atoms with Crippen molar-refractivity contribution < 1.29 is 19.4 Å². The van der Waals surface area contributed by atoms with Crippen molar-refractivity contribution in [1.29, 1.82) is 0 Å². The van der Waals surface area contributed by atoms with E-state index in [1.807, 2.05) is 0 Å². The lowest BCUT2D eigenvalue weighted by atomic mass is 10.1. The van der Waals surface area contributed by atoms with Crippen LogP contribution in [0.5, 0.6) is 0 Å². The largest absolute Gasteiger partial charge is 0.396 e. The average molecular weight is 216 g/mol. The lowest BCUT2D eigenvalue weighted by Crippen LogP contribution is -2.45. The summed E-state index contributed by atoms with van der Waals surface area (Å²) in [6.07, 6.45) is 0.649. The summed E-state index contributed by atoms with van der Waals surface area (Å²) in [5.74, 6) is -0.572. The zero-order valence-corrected chi connectivity index (χ0v) is 8.66. The Hall–Kier alpha value is -0.980. The van der Waals surface area contributed by atoms with E-state index in [0.29, 0.717) is 13.0 Å². The van der Waals surface area contributed by atoms with Crippen LogP contribution in [0.3, 0.4) is 0 Å². The van der Waals surface area contributed by atoms with E-state index in [4.69, 9.17) is 9.84 Å². The third-order valence-electron chi connectivity index (χ3n) is 2.25. The van der Waals surface area contributed by atoms with Crippen LogP contribution in [0.1, 0.15) is 12.8 Å². The molecule has 0 saturated carbocycles. The van der Waals surface area contributed by atoms with Gasteiger partial charge >= 0.3 is 0 Å². The van der Waals surface area contributed by atoms with Gasteiger partial charge in [0.2, 0.25) is 11.8 Å². The van der Waals surface area contributed by atoms with Gasteiger partial charge in [0, 0.05) is 19.8 Å². The molecule has 15 heavy (non-hydrogen) atoms. The Morgan fingerprint density at radius 1 is 1.67 bits per heavy atom. The second-order valence-corrected chi connectivity index (χ2v) is 3.50. The zero-order valence-electron chi connectivity index (χ0n) is 8.66. The smallest absolute Gasteiger partial charge is 0.244 e. The summed E-state index contributed by atoms with van der Waals surface area (Å²) in [5.41, 5.74) is 0. The molecule has 0 aromatic heterocycles. The molecule has 86 valence electrons. The molecule has 0 aromatic carbocycles. The van der Waals surface area contributed by atoms with Gasteiger partial charge in [-0.05, 0) is 6.42 Å². The highest BCUT2D eigenvalue weighted by Gasteiger charge is 2.31. The van der Waals surface area contributed by atoms with Crippen molar-refractivity contribution in [2.24, 2.45) is 0 Å². The molecule has 0 aliphatic carbocycles. The standard InChI is InChI=1S/C9H16N2O4/c1-15-5-6(2-3-12)10-7-4-8(13)11-9(7)14/h6-7,10,12H,2-5H2,1H3,(H,11,13,14). The molecule has 1 aliphatic heterocycles. The number of hydrogen-bond acceptors (Lipinski definition) is 5. The molecular weight excluding hydrogens is 200 g/mol. The molecule has 2 unspecified atom stereocenters. The van der Waals surface area contributed by atoms with E-state index in [2.05, 4.69) is 10.6 Å². The Labute approximate surface area is 88.0 Å². The predicted molar refractivity (Wildman–Crippen MR) is 52.1 cm³/mol. The summed E-state index contributed by atoms with van der Waals surface area (Å²) in [6.45, 7) is 0.418. The first-order valence-electron chi connectivity index (χ1n) is 4.87. The van der Waals surface area contributed by atoms with E-state index in [-0.39, 0.29) is 30.9 Å². The molecule has 0 radical (unpaired) electrons. The monoisotopic (exact) mass is 216 g/mol. The fourth-order valence-electron chi connectivity index (χ4n) is 1.54. The maximum absolute atomic E-state index is 11.2. The van der Waals surface area contributed by atoms with Gasteiger partial charge in [0.05, 0.1) is 19.1 Å². The van der Waals surface area contributed by atoms with E-state index in [1.165, 1.54) is 0 Å². The molecule has 1 saturated heterocycles. The molecule has 0 bridgehead atoms. The van der Waals surface area contributed by atoms with Gasteiger partial charge in [-0.25, -0.2) is 0 Å². The van der Waals surface area contributed by atoms with Crippen LogP contribution in [-0.2, 0) is 14.3 Å². The number of carbonyl (C=O) groups excluding carboxylic acids is 2. The Morgan fingerprint density at radius 2 is 2.40 bits per heavy atom. The number of aliphatic hydroxyl groups excluding tert-OH is 1. The van der Waals surface area contributed by atoms with E-state index in [0.717, 1.165) is 0 Å². The quantitative estimate of drug-likeness (QED) is 0.465. The normalized spacial score (nSPS) is 22.9. The van der Waals surface area contributed by atoms with Crippen molar-refractivity contribution in [2.45, 2.75) is 24.9 Å². The first-order valence-corrected chi connectivity index (χ1v) is 4.87. The fraction of sp³-hybridized carbons (Fsp3) is 0.778. The fourth-order valence-corrected chi connectivity index (χ4v) is 1.54. The number of carbonyl (C=O) groups is 2. The number of ether oxygens (including phenoxy) is 1. The van der Waals surface area contributed by atoms with Crippen LogP contribution in [0.4, 0.5) is 0 Å². The molecular formula is C9H16N2O4. The maximum Gasteiger partial charge on any atom is 0.244 e. The second-order valence-electron chi connectivity index (χ2n) is 3.50. The van der Waals surface area contributed by atoms with Crippen molar-refractivity contribution in [2.75, 3.05) is 20.3 Å². The van der Waals surface area contributed by atoms with Gasteiger partial charge in [-0.2, -0.15) is 0 Å². The lowest BCUT2D eigenvalue weighted by molar-refractivity contribution is -0.125. The minimum Gasteiger partial charge on any atom is -0.396 e. The number of hydrogen-bond donors (Lipinski definition) is 3. The number of rotatable bonds is 6. The van der Waals surface area contributed by atoms with Crippen molar-refractivity contribution in [3.63, 3.8) is 0 Å². The van der Waals surface area contributed by atoms with Gasteiger partial charge in [-0.1, -0.05) is 0 Å². The minimum absolute atomic E-state index is 0.0172. The summed E-state index contributed by atoms with van der Waals surface area (Å²) >= 11 is 0. The first kappa shape index (κ1) is 12.1. The van der Waals surface area contributed by atoms with Crippen molar-refractivity contribution in [3.8, 4) is 0 Å². The molecule has 1 fully saturated rings. The van der Waals surface area contributed by atoms with Gasteiger partial charge < -0.3 is 15.2 Å². The molecule has 2 atom stereocenters. The maximum atomic E-state index is 11.2. The zero-order chi connectivity index (χ0) is 11.3. The van der Waals surface area contributed by atoms with Crippen LogP contribution in [-0.4, -0.2) is 49.3 Å². The molecule has 0 aromatic rings. The van der Waals surface area contributed by atoms with E-state index < -0.39 is 6.04 Å². The molecule has 1 heterocycles. The van der Waals surface area contributed by atoms with Crippen LogP contribution >= 0.6 is 0 Å². The van der Waals surface area contributed by atoms with E-state index in [9.17, 15) is 9.59 Å². The third kappa shape index (κ3) is 3.58. The number of amides is 2. The van der Waals surface area contributed by atoms with Crippen LogP contribution in [0.2, 0.25) is 0 Å². The highest BCUT2D eigenvalue weighted by Crippen LogP contribution is 2.04. The van der Waals surface area contributed by atoms with Crippen LogP contribution in [0.15, 0.2) is 0 Å². The van der Waals surface area contributed by atoms with Crippen LogP contribution in [0, 0.1) is 0 Å². The average Bonchev–Trinajstić information content (AvgIpc) is 2.46. The Morgan fingerprint density at radius 3 is 2.87 bits per heavy atom. The molecule has 2 amide bonds. The molecule has 0 spiro atoms. The third-order valence-corrected chi connectivity index (χ3v) is 2.25. The summed E-state index contributed by atoms with van der Waals surface area (Å²) in [7, 11) is 1.55. The van der Waals surface area contributed by atoms with Gasteiger partial charge in [-0.3, -0.25) is 14.9 Å².